The van der Waals surface area contributed by atoms with E-state index in [-0.39, 0.29) is 22.2 Å². The molecule has 4 rings (SSSR count). The minimum Gasteiger partial charge on any atom is -0.350 e. The van der Waals surface area contributed by atoms with Gasteiger partial charge in [0.25, 0.3) is 10.0 Å². The number of carbonyl (C=O) groups is 1. The molecule has 1 amide bonds. The van der Waals surface area contributed by atoms with Crippen LogP contribution >= 0.6 is 11.6 Å². The lowest BCUT2D eigenvalue weighted by Gasteiger charge is -2.25. The molecule has 1 heterocycles. The number of sulfonamides is 1. The molecule has 0 unspecified atom stereocenters. The number of halogens is 1. The Kier molecular flexibility index (Phi) is 7.00. The molecule has 7 nitrogen and oxygen atoms in total. The highest BCUT2D eigenvalue weighted by Gasteiger charge is 2.28. The Morgan fingerprint density at radius 3 is 2.44 bits per heavy atom. The molecule has 0 aliphatic carbocycles. The zero-order chi connectivity index (χ0) is 24.1. The number of rotatable bonds is 8. The van der Waals surface area contributed by atoms with E-state index in [0.29, 0.717) is 0 Å². The summed E-state index contributed by atoms with van der Waals surface area (Å²) in [7, 11) is -4.04. The summed E-state index contributed by atoms with van der Waals surface area (Å²) in [5.74, 6) is -0.462. The molecule has 0 bridgehead atoms. The van der Waals surface area contributed by atoms with E-state index >= 15 is 0 Å². The number of hydrogen-bond acceptors (Lipinski definition) is 4. The third kappa shape index (κ3) is 5.13. The number of nitrogens with one attached hydrogen (secondary N) is 1. The topological polar surface area (TPSA) is 84.3 Å². The van der Waals surface area contributed by atoms with Crippen LogP contribution in [0.2, 0.25) is 5.02 Å². The van der Waals surface area contributed by atoms with E-state index in [1.165, 1.54) is 12.1 Å². The fourth-order valence-corrected chi connectivity index (χ4v) is 5.21. The zero-order valence-corrected chi connectivity index (χ0v) is 20.0. The summed E-state index contributed by atoms with van der Waals surface area (Å²) >= 11 is 6.33. The number of carbonyl (C=O) groups excluding carboxylic acids is 1. The summed E-state index contributed by atoms with van der Waals surface area (Å²) in [6.07, 6.45) is 5.16. The van der Waals surface area contributed by atoms with E-state index in [1.807, 2.05) is 42.0 Å². The van der Waals surface area contributed by atoms with Gasteiger partial charge in [0.15, 0.2) is 0 Å². The summed E-state index contributed by atoms with van der Waals surface area (Å²) in [5, 5.41) is 3.06. The van der Waals surface area contributed by atoms with Gasteiger partial charge in [-0.05, 0) is 42.8 Å². The highest BCUT2D eigenvalue weighted by atomic mass is 35.5. The highest BCUT2D eigenvalue weighted by molar-refractivity contribution is 7.92. The summed E-state index contributed by atoms with van der Waals surface area (Å²) in [6, 6.07) is 20.6. The number of aromatic nitrogens is 2. The molecule has 0 saturated carbocycles. The van der Waals surface area contributed by atoms with Crippen LogP contribution in [0.5, 0.6) is 0 Å². The number of imidazole rings is 1. The van der Waals surface area contributed by atoms with Crippen molar-refractivity contribution in [2.45, 2.75) is 18.4 Å². The molecule has 3 aromatic carbocycles. The average Bonchev–Trinajstić information content (AvgIpc) is 3.37. The van der Waals surface area contributed by atoms with Crippen LogP contribution in [-0.2, 0) is 21.4 Å². The van der Waals surface area contributed by atoms with E-state index in [9.17, 15) is 13.2 Å². The first-order valence-electron chi connectivity index (χ1n) is 10.5. The van der Waals surface area contributed by atoms with Crippen molar-refractivity contribution in [2.24, 2.45) is 0 Å². The maximum atomic E-state index is 13.5. The second-order valence-corrected chi connectivity index (χ2v) is 9.92. The number of amides is 1. The Morgan fingerprint density at radius 2 is 1.74 bits per heavy atom. The van der Waals surface area contributed by atoms with Gasteiger partial charge in [0.05, 0.1) is 27.6 Å². The molecule has 1 aromatic heterocycles. The van der Waals surface area contributed by atoms with Crippen LogP contribution in [0, 0.1) is 6.92 Å². The lowest BCUT2D eigenvalue weighted by Crippen LogP contribution is -2.41. The average molecular weight is 495 g/mol. The van der Waals surface area contributed by atoms with Gasteiger partial charge in [-0.1, -0.05) is 59.6 Å². The van der Waals surface area contributed by atoms with Crippen molar-refractivity contribution in [1.82, 2.24) is 14.9 Å². The Labute approximate surface area is 203 Å². The van der Waals surface area contributed by atoms with E-state index in [0.717, 1.165) is 21.1 Å². The minimum absolute atomic E-state index is 0.0799. The molecule has 0 aliphatic heterocycles. The van der Waals surface area contributed by atoms with Crippen LogP contribution in [0.15, 0.2) is 96.4 Å². The van der Waals surface area contributed by atoms with Crippen LogP contribution in [0.3, 0.4) is 0 Å². The molecule has 1 N–H and O–H groups in total. The fourth-order valence-electron chi connectivity index (χ4n) is 3.49. The maximum absolute atomic E-state index is 13.5. The lowest BCUT2D eigenvalue weighted by molar-refractivity contribution is -0.119. The Bertz CT molecular complexity index is 1390. The molecule has 0 aliphatic rings. The normalized spacial score (nSPS) is 11.2. The molecule has 174 valence electrons. The van der Waals surface area contributed by atoms with Crippen LogP contribution in [-0.4, -0.2) is 30.4 Å². The SMILES string of the molecule is Cc1ccc(S(=O)(=O)N(CC(=O)NCc2ccccc2-n2ccnc2)c2ccccc2Cl)cc1. The standard InChI is InChI=1S/C25H23ClN4O3S/c1-19-10-12-21(13-11-19)34(32,33)30(24-9-5-3-7-22(24)26)17-25(31)28-16-20-6-2-4-8-23(20)29-15-14-27-18-29/h2-15,18H,16-17H2,1H3,(H,28,31). The van der Waals surface area contributed by atoms with Crippen molar-refractivity contribution in [2.75, 3.05) is 10.8 Å². The first-order chi connectivity index (χ1) is 16.4. The number of anilines is 1. The molecule has 0 fully saturated rings. The molecular formula is C25H23ClN4O3S. The Morgan fingerprint density at radius 1 is 1.03 bits per heavy atom. The second-order valence-electron chi connectivity index (χ2n) is 7.65. The summed E-state index contributed by atoms with van der Waals surface area (Å²) in [4.78, 5) is 17.1. The van der Waals surface area contributed by atoms with Crippen molar-refractivity contribution >= 4 is 33.2 Å². The highest BCUT2D eigenvalue weighted by Crippen LogP contribution is 2.30. The van der Waals surface area contributed by atoms with Crippen molar-refractivity contribution in [3.05, 3.63) is 108 Å². The smallest absolute Gasteiger partial charge is 0.264 e. The van der Waals surface area contributed by atoms with Crippen molar-refractivity contribution in [3.8, 4) is 5.69 Å². The molecule has 0 radical (unpaired) electrons. The van der Waals surface area contributed by atoms with Crippen LogP contribution in [0.1, 0.15) is 11.1 Å². The number of hydrogen-bond donors (Lipinski definition) is 1. The predicted molar refractivity (Wildman–Crippen MR) is 133 cm³/mol. The lowest BCUT2D eigenvalue weighted by atomic mass is 10.1. The van der Waals surface area contributed by atoms with Crippen LogP contribution in [0.4, 0.5) is 5.69 Å². The number of aryl methyl sites for hydroxylation is 1. The molecule has 34 heavy (non-hydrogen) atoms. The minimum atomic E-state index is -4.04. The second kappa shape index (κ2) is 10.1. The van der Waals surface area contributed by atoms with Gasteiger partial charge in [0.1, 0.15) is 6.54 Å². The van der Waals surface area contributed by atoms with Crippen molar-refractivity contribution < 1.29 is 13.2 Å². The van der Waals surface area contributed by atoms with Crippen LogP contribution in [0.25, 0.3) is 5.69 Å². The number of para-hydroxylation sites is 2. The molecular weight excluding hydrogens is 472 g/mol. The molecule has 9 heteroatoms. The zero-order valence-electron chi connectivity index (χ0n) is 18.4. The largest absolute Gasteiger partial charge is 0.350 e. The third-order valence-electron chi connectivity index (χ3n) is 5.27. The van der Waals surface area contributed by atoms with E-state index in [4.69, 9.17) is 11.6 Å². The number of benzene rings is 3. The molecule has 4 aromatic rings. The first-order valence-corrected chi connectivity index (χ1v) is 12.3. The quantitative estimate of drug-likeness (QED) is 0.395. The number of nitrogens with zero attached hydrogens (tertiary/aromatic N) is 3. The Hall–Kier alpha value is -3.62. The summed E-state index contributed by atoms with van der Waals surface area (Å²) < 4.78 is 29.9. The van der Waals surface area contributed by atoms with Gasteiger partial charge in [-0.2, -0.15) is 0 Å². The van der Waals surface area contributed by atoms with E-state index in [1.54, 1.807) is 48.9 Å². The van der Waals surface area contributed by atoms with Crippen LogP contribution < -0.4 is 9.62 Å². The van der Waals surface area contributed by atoms with E-state index in [2.05, 4.69) is 10.3 Å². The van der Waals surface area contributed by atoms with Gasteiger partial charge in [-0.3, -0.25) is 9.10 Å². The van der Waals surface area contributed by atoms with Gasteiger partial charge < -0.3 is 9.88 Å². The predicted octanol–water partition coefficient (Wildman–Crippen LogP) is 4.35. The van der Waals surface area contributed by atoms with Crippen molar-refractivity contribution in [3.63, 3.8) is 0 Å². The summed E-state index contributed by atoms with van der Waals surface area (Å²) in [5.41, 5.74) is 2.89. The Balaban J connectivity index is 1.59. The molecule has 0 spiro atoms. The van der Waals surface area contributed by atoms with Crippen molar-refractivity contribution in [1.29, 1.82) is 0 Å². The third-order valence-corrected chi connectivity index (χ3v) is 7.36. The van der Waals surface area contributed by atoms with Gasteiger partial charge in [-0.15, -0.1) is 0 Å². The van der Waals surface area contributed by atoms with Gasteiger partial charge in [0.2, 0.25) is 5.91 Å². The maximum Gasteiger partial charge on any atom is 0.264 e. The monoisotopic (exact) mass is 494 g/mol. The fraction of sp³-hybridized carbons (Fsp3) is 0.120. The van der Waals surface area contributed by atoms with Gasteiger partial charge >= 0.3 is 0 Å². The first kappa shape index (κ1) is 23.5. The van der Waals surface area contributed by atoms with E-state index < -0.39 is 22.5 Å². The summed E-state index contributed by atoms with van der Waals surface area (Å²) in [6.45, 7) is 1.67. The molecule has 0 atom stereocenters. The van der Waals surface area contributed by atoms with Gasteiger partial charge in [-0.25, -0.2) is 13.4 Å². The van der Waals surface area contributed by atoms with Gasteiger partial charge in [0, 0.05) is 18.9 Å². The molecule has 0 saturated heterocycles.